The molecule has 2 heterocycles. The van der Waals surface area contributed by atoms with Crippen molar-refractivity contribution < 1.29 is 4.74 Å². The van der Waals surface area contributed by atoms with E-state index in [1.54, 1.807) is 0 Å². The van der Waals surface area contributed by atoms with Crippen molar-refractivity contribution in [2.24, 2.45) is 15.9 Å². The maximum atomic E-state index is 5.75. The van der Waals surface area contributed by atoms with Crippen molar-refractivity contribution in [3.63, 3.8) is 0 Å². The zero-order valence-electron chi connectivity index (χ0n) is 15.6. The van der Waals surface area contributed by atoms with E-state index >= 15 is 0 Å². The first-order chi connectivity index (χ1) is 12.0. The van der Waals surface area contributed by atoms with E-state index in [4.69, 9.17) is 14.7 Å². The number of hydrogen-bond acceptors (Lipinski definition) is 4. The SMILES string of the molecule is CC(=Nc1c(C)cccc1C)c1cccc(C2=N[C@@H](C(C)C)CO2)n1. The standard InChI is InChI=1S/C21H25N3O/c1-13(2)19-12-25-21(24-19)18-11-7-10-17(23-18)16(5)22-20-14(3)8-6-9-15(20)4/h6-11,13,19H,12H2,1-5H3/t19-/m1/s1. The van der Waals surface area contributed by atoms with Crippen LogP contribution in [0.15, 0.2) is 46.4 Å². The van der Waals surface area contributed by atoms with Gasteiger partial charge in [0.05, 0.1) is 23.1 Å². The number of aryl methyl sites for hydroxylation is 2. The van der Waals surface area contributed by atoms with E-state index < -0.39 is 0 Å². The molecule has 1 aliphatic rings. The van der Waals surface area contributed by atoms with Crippen molar-refractivity contribution in [3.8, 4) is 0 Å². The van der Waals surface area contributed by atoms with Crippen LogP contribution in [0.5, 0.6) is 0 Å². The fourth-order valence-corrected chi connectivity index (χ4v) is 2.83. The summed E-state index contributed by atoms with van der Waals surface area (Å²) in [4.78, 5) is 14.2. The molecule has 4 nitrogen and oxygen atoms in total. The molecule has 0 amide bonds. The molecule has 1 aliphatic heterocycles. The van der Waals surface area contributed by atoms with Crippen molar-refractivity contribution >= 4 is 17.3 Å². The number of rotatable bonds is 4. The lowest BCUT2D eigenvalue weighted by atomic mass is 10.1. The summed E-state index contributed by atoms with van der Waals surface area (Å²) >= 11 is 0. The summed E-state index contributed by atoms with van der Waals surface area (Å²) in [5.74, 6) is 1.11. The van der Waals surface area contributed by atoms with Gasteiger partial charge in [0.2, 0.25) is 5.90 Å². The summed E-state index contributed by atoms with van der Waals surface area (Å²) in [5.41, 5.74) is 5.86. The predicted molar refractivity (Wildman–Crippen MR) is 103 cm³/mol. The van der Waals surface area contributed by atoms with E-state index in [9.17, 15) is 0 Å². The van der Waals surface area contributed by atoms with E-state index in [0.717, 1.165) is 22.8 Å². The number of benzene rings is 1. The van der Waals surface area contributed by atoms with E-state index in [1.165, 1.54) is 11.1 Å². The highest BCUT2D eigenvalue weighted by Crippen LogP contribution is 2.24. The van der Waals surface area contributed by atoms with Gasteiger partial charge >= 0.3 is 0 Å². The fourth-order valence-electron chi connectivity index (χ4n) is 2.83. The van der Waals surface area contributed by atoms with Gasteiger partial charge in [-0.3, -0.25) is 4.99 Å². The van der Waals surface area contributed by atoms with Gasteiger partial charge in [0.1, 0.15) is 12.3 Å². The van der Waals surface area contributed by atoms with Crippen molar-refractivity contribution in [2.45, 2.75) is 40.7 Å². The molecule has 0 bridgehead atoms. The molecule has 130 valence electrons. The molecule has 1 atom stereocenters. The van der Waals surface area contributed by atoms with Crippen LogP contribution in [0.4, 0.5) is 5.69 Å². The van der Waals surface area contributed by atoms with Gasteiger partial charge in [-0.2, -0.15) is 0 Å². The van der Waals surface area contributed by atoms with E-state index in [0.29, 0.717) is 18.4 Å². The Morgan fingerprint density at radius 2 is 1.80 bits per heavy atom. The second kappa shape index (κ2) is 7.18. The Kier molecular flexibility index (Phi) is 4.98. The normalized spacial score (nSPS) is 17.6. The first-order valence-corrected chi connectivity index (χ1v) is 8.75. The number of pyridine rings is 1. The lowest BCUT2D eigenvalue weighted by Crippen LogP contribution is -2.13. The smallest absolute Gasteiger partial charge is 0.235 e. The molecule has 1 aromatic heterocycles. The van der Waals surface area contributed by atoms with Crippen molar-refractivity contribution in [1.29, 1.82) is 0 Å². The molecule has 0 fully saturated rings. The van der Waals surface area contributed by atoms with Crippen molar-refractivity contribution in [2.75, 3.05) is 6.61 Å². The van der Waals surface area contributed by atoms with Crippen LogP contribution in [-0.4, -0.2) is 29.2 Å². The van der Waals surface area contributed by atoms with E-state index in [-0.39, 0.29) is 6.04 Å². The molecule has 0 radical (unpaired) electrons. The van der Waals surface area contributed by atoms with Crippen LogP contribution in [0.25, 0.3) is 0 Å². The van der Waals surface area contributed by atoms with Gasteiger partial charge in [-0.05, 0) is 49.9 Å². The lowest BCUT2D eigenvalue weighted by molar-refractivity contribution is 0.291. The zero-order valence-corrected chi connectivity index (χ0v) is 15.6. The third-order valence-electron chi connectivity index (χ3n) is 4.50. The molecule has 0 saturated heterocycles. The highest BCUT2D eigenvalue weighted by atomic mass is 16.5. The van der Waals surface area contributed by atoms with Gasteiger partial charge in [0.25, 0.3) is 0 Å². The van der Waals surface area contributed by atoms with Gasteiger partial charge in [-0.25, -0.2) is 9.98 Å². The summed E-state index contributed by atoms with van der Waals surface area (Å²) in [7, 11) is 0. The molecule has 25 heavy (non-hydrogen) atoms. The molecule has 2 aromatic rings. The van der Waals surface area contributed by atoms with Gasteiger partial charge < -0.3 is 4.74 Å². The van der Waals surface area contributed by atoms with Crippen LogP contribution in [0.1, 0.15) is 43.3 Å². The molecule has 0 N–H and O–H groups in total. The number of para-hydroxylation sites is 1. The summed E-state index contributed by atoms with van der Waals surface area (Å²) in [6.07, 6.45) is 0. The Labute approximate surface area is 149 Å². The molecular formula is C21H25N3O. The third kappa shape index (κ3) is 3.78. The molecule has 0 spiro atoms. The highest BCUT2D eigenvalue weighted by molar-refractivity contribution is 6.00. The molecule has 1 aromatic carbocycles. The molecule has 3 rings (SSSR count). The maximum absolute atomic E-state index is 5.75. The molecular weight excluding hydrogens is 310 g/mol. The predicted octanol–water partition coefficient (Wildman–Crippen LogP) is 4.64. The van der Waals surface area contributed by atoms with E-state index in [2.05, 4.69) is 50.9 Å². The Balaban J connectivity index is 1.92. The average molecular weight is 335 g/mol. The zero-order chi connectivity index (χ0) is 18.0. The number of aliphatic imine (C=N–C) groups is 2. The van der Waals surface area contributed by atoms with Crippen LogP contribution >= 0.6 is 0 Å². The Morgan fingerprint density at radius 1 is 1.12 bits per heavy atom. The topological polar surface area (TPSA) is 46.8 Å². The van der Waals surface area contributed by atoms with Gasteiger partial charge in [0, 0.05) is 0 Å². The first kappa shape index (κ1) is 17.3. The van der Waals surface area contributed by atoms with Gasteiger partial charge in [0.15, 0.2) is 0 Å². The van der Waals surface area contributed by atoms with Crippen LogP contribution < -0.4 is 0 Å². The quantitative estimate of drug-likeness (QED) is 0.764. The summed E-state index contributed by atoms with van der Waals surface area (Å²) in [6.45, 7) is 11.1. The molecule has 0 unspecified atom stereocenters. The number of hydrogen-bond donors (Lipinski definition) is 0. The first-order valence-electron chi connectivity index (χ1n) is 8.75. The number of aromatic nitrogens is 1. The minimum absolute atomic E-state index is 0.213. The summed E-state index contributed by atoms with van der Waals surface area (Å²) < 4.78 is 5.75. The largest absolute Gasteiger partial charge is 0.474 e. The molecule has 0 aliphatic carbocycles. The maximum Gasteiger partial charge on any atom is 0.235 e. The van der Waals surface area contributed by atoms with Crippen LogP contribution in [0, 0.1) is 19.8 Å². The minimum Gasteiger partial charge on any atom is -0.474 e. The fraction of sp³-hybridized carbons (Fsp3) is 0.381. The van der Waals surface area contributed by atoms with Crippen LogP contribution in [-0.2, 0) is 4.74 Å². The highest BCUT2D eigenvalue weighted by Gasteiger charge is 2.23. The summed E-state index contributed by atoms with van der Waals surface area (Å²) in [6, 6.07) is 12.3. The van der Waals surface area contributed by atoms with Gasteiger partial charge in [-0.15, -0.1) is 0 Å². The average Bonchev–Trinajstić information content (AvgIpc) is 3.09. The van der Waals surface area contributed by atoms with Crippen LogP contribution in [0.2, 0.25) is 0 Å². The second-order valence-corrected chi connectivity index (χ2v) is 6.90. The number of nitrogens with zero attached hydrogens (tertiary/aromatic N) is 3. The Hall–Kier alpha value is -2.49. The monoisotopic (exact) mass is 335 g/mol. The molecule has 0 saturated carbocycles. The minimum atomic E-state index is 0.213. The Morgan fingerprint density at radius 3 is 2.44 bits per heavy atom. The lowest BCUT2D eigenvalue weighted by Gasteiger charge is -2.07. The van der Waals surface area contributed by atoms with E-state index in [1.807, 2.05) is 25.1 Å². The van der Waals surface area contributed by atoms with Gasteiger partial charge in [-0.1, -0.05) is 38.1 Å². The van der Waals surface area contributed by atoms with Crippen LogP contribution in [0.3, 0.4) is 0 Å². The number of ether oxygens (including phenoxy) is 1. The third-order valence-corrected chi connectivity index (χ3v) is 4.50. The van der Waals surface area contributed by atoms with Crippen molar-refractivity contribution in [1.82, 2.24) is 4.98 Å². The summed E-state index contributed by atoms with van der Waals surface area (Å²) in [5, 5.41) is 0. The van der Waals surface area contributed by atoms with Crippen molar-refractivity contribution in [3.05, 3.63) is 58.9 Å². The second-order valence-electron chi connectivity index (χ2n) is 6.90. The molecule has 4 heteroatoms. The Bertz CT molecular complexity index is 817.